The number of benzene rings is 1. The summed E-state index contributed by atoms with van der Waals surface area (Å²) in [4.78, 5) is 22.5. The minimum absolute atomic E-state index is 0.0619. The zero-order valence-electron chi connectivity index (χ0n) is 15.3. The number of hydrogen-bond acceptors (Lipinski definition) is 5. The second kappa shape index (κ2) is 7.06. The summed E-state index contributed by atoms with van der Waals surface area (Å²) >= 11 is 0. The molecule has 27 heavy (non-hydrogen) atoms. The van der Waals surface area contributed by atoms with E-state index in [1.165, 1.54) is 0 Å². The molecule has 1 saturated heterocycles. The summed E-state index contributed by atoms with van der Waals surface area (Å²) in [5.41, 5.74) is 3.61. The van der Waals surface area contributed by atoms with Crippen LogP contribution in [0.3, 0.4) is 0 Å². The number of hydrogen-bond donors (Lipinski definition) is 2. The van der Waals surface area contributed by atoms with Crippen LogP contribution in [0, 0.1) is 6.92 Å². The summed E-state index contributed by atoms with van der Waals surface area (Å²) in [6.07, 6.45) is 3.69. The van der Waals surface area contributed by atoms with Gasteiger partial charge in [-0.05, 0) is 44.2 Å². The van der Waals surface area contributed by atoms with Crippen molar-refractivity contribution in [2.75, 3.05) is 23.3 Å². The van der Waals surface area contributed by atoms with Crippen LogP contribution in [0.15, 0.2) is 42.7 Å². The number of carbonyl (C=O) groups excluding carboxylic acids is 1. The lowest BCUT2D eigenvalue weighted by atomic mass is 10.2. The van der Waals surface area contributed by atoms with Crippen molar-refractivity contribution in [2.45, 2.75) is 20.4 Å². The molecule has 4 rings (SSSR count). The minimum atomic E-state index is -0.0619. The molecule has 1 aliphatic heterocycles. The Labute approximate surface area is 157 Å². The summed E-state index contributed by atoms with van der Waals surface area (Å²) in [5.74, 6) is 1.33. The Hall–Kier alpha value is -3.42. The Kier molecular flexibility index (Phi) is 4.45. The zero-order valence-corrected chi connectivity index (χ0v) is 15.3. The van der Waals surface area contributed by atoms with Gasteiger partial charge in [0.1, 0.15) is 5.82 Å². The van der Waals surface area contributed by atoms with Gasteiger partial charge >= 0.3 is 6.03 Å². The van der Waals surface area contributed by atoms with Crippen LogP contribution in [0.5, 0.6) is 0 Å². The number of aromatic nitrogens is 4. The predicted molar refractivity (Wildman–Crippen MR) is 104 cm³/mol. The van der Waals surface area contributed by atoms with E-state index in [2.05, 4.69) is 32.6 Å². The summed E-state index contributed by atoms with van der Waals surface area (Å²) in [5, 5.41) is 10.5. The number of rotatable bonds is 5. The van der Waals surface area contributed by atoms with Crippen LogP contribution in [0.2, 0.25) is 0 Å². The number of nitrogens with zero attached hydrogens (tertiary/aromatic N) is 5. The molecule has 0 bridgehead atoms. The fraction of sp³-hybridized carbons (Fsp3) is 0.263. The lowest BCUT2D eigenvalue weighted by Gasteiger charge is -2.14. The van der Waals surface area contributed by atoms with Crippen molar-refractivity contribution in [1.82, 2.24) is 25.1 Å². The quantitative estimate of drug-likeness (QED) is 0.728. The molecule has 0 atom stereocenters. The predicted octanol–water partition coefficient (Wildman–Crippen LogP) is 2.94. The van der Waals surface area contributed by atoms with E-state index in [9.17, 15) is 4.79 Å². The number of amides is 2. The topological polar surface area (TPSA) is 88.0 Å². The van der Waals surface area contributed by atoms with Crippen LogP contribution < -0.4 is 15.5 Å². The highest BCUT2D eigenvalue weighted by molar-refractivity contribution is 5.94. The lowest BCUT2D eigenvalue weighted by molar-refractivity contribution is 0.252. The lowest BCUT2D eigenvalue weighted by Crippen LogP contribution is -2.27. The zero-order chi connectivity index (χ0) is 18.8. The van der Waals surface area contributed by atoms with Crippen LogP contribution in [0.4, 0.5) is 22.0 Å². The van der Waals surface area contributed by atoms with Crippen molar-refractivity contribution in [1.29, 1.82) is 0 Å². The average Bonchev–Trinajstić information content (AvgIpc) is 3.28. The molecule has 0 unspecified atom stereocenters. The summed E-state index contributed by atoms with van der Waals surface area (Å²) < 4.78 is 1.88. The van der Waals surface area contributed by atoms with E-state index in [0.717, 1.165) is 29.2 Å². The van der Waals surface area contributed by atoms with Gasteiger partial charge in [0.25, 0.3) is 0 Å². The molecule has 1 fully saturated rings. The maximum absolute atomic E-state index is 11.8. The maximum Gasteiger partial charge on any atom is 0.321 e. The van der Waals surface area contributed by atoms with Crippen molar-refractivity contribution >= 4 is 23.2 Å². The molecular weight excluding hydrogens is 342 g/mol. The van der Waals surface area contributed by atoms with Gasteiger partial charge in [0.2, 0.25) is 0 Å². The third-order valence-corrected chi connectivity index (χ3v) is 4.48. The monoisotopic (exact) mass is 363 g/mol. The van der Waals surface area contributed by atoms with Gasteiger partial charge in [-0.15, -0.1) is 0 Å². The van der Waals surface area contributed by atoms with Crippen LogP contribution in [0.1, 0.15) is 12.6 Å². The first-order valence-electron chi connectivity index (χ1n) is 8.94. The molecule has 2 aromatic heterocycles. The molecule has 2 amide bonds. The minimum Gasteiger partial charge on any atom is -0.337 e. The van der Waals surface area contributed by atoms with Crippen molar-refractivity contribution < 1.29 is 4.79 Å². The van der Waals surface area contributed by atoms with Gasteiger partial charge in [0, 0.05) is 43.3 Å². The molecule has 0 radical (unpaired) electrons. The standard InChI is InChI=1S/C19H21N7O/c1-3-25-12-16(13(2)24-25)22-17-8-9-20-18(23-17)14-4-6-15(7-5-14)26-11-10-21-19(26)27/h4-9,12H,3,10-11H2,1-2H3,(H,21,27)(H,20,22,23). The fourth-order valence-corrected chi connectivity index (χ4v) is 3.02. The Balaban J connectivity index is 1.55. The molecule has 2 N–H and O–H groups in total. The van der Waals surface area contributed by atoms with E-state index in [1.54, 1.807) is 11.1 Å². The molecule has 1 aromatic carbocycles. The first kappa shape index (κ1) is 17.0. The number of carbonyl (C=O) groups is 1. The molecule has 3 heterocycles. The normalized spacial score (nSPS) is 13.7. The summed E-state index contributed by atoms with van der Waals surface area (Å²) in [7, 11) is 0. The Morgan fingerprint density at radius 3 is 2.70 bits per heavy atom. The summed E-state index contributed by atoms with van der Waals surface area (Å²) in [6.45, 7) is 6.18. The molecule has 0 aliphatic carbocycles. The summed E-state index contributed by atoms with van der Waals surface area (Å²) in [6, 6.07) is 9.46. The highest BCUT2D eigenvalue weighted by atomic mass is 16.2. The smallest absolute Gasteiger partial charge is 0.321 e. The molecule has 0 saturated carbocycles. The Morgan fingerprint density at radius 1 is 1.22 bits per heavy atom. The first-order chi connectivity index (χ1) is 13.1. The number of nitrogens with one attached hydrogen (secondary N) is 2. The third kappa shape index (κ3) is 3.46. The van der Waals surface area contributed by atoms with Gasteiger partial charge < -0.3 is 10.6 Å². The van der Waals surface area contributed by atoms with Crippen molar-refractivity contribution in [3.05, 3.63) is 48.4 Å². The van der Waals surface area contributed by atoms with Gasteiger partial charge in [0.05, 0.1) is 11.4 Å². The van der Waals surface area contributed by atoms with Gasteiger partial charge in [-0.3, -0.25) is 9.58 Å². The Morgan fingerprint density at radius 2 is 2.04 bits per heavy atom. The van der Waals surface area contributed by atoms with Gasteiger partial charge in [-0.25, -0.2) is 14.8 Å². The molecule has 8 nitrogen and oxygen atoms in total. The molecule has 3 aromatic rings. The second-order valence-electron chi connectivity index (χ2n) is 6.30. The first-order valence-corrected chi connectivity index (χ1v) is 8.94. The third-order valence-electron chi connectivity index (χ3n) is 4.48. The van der Waals surface area contributed by atoms with Crippen molar-refractivity contribution in [2.24, 2.45) is 0 Å². The number of anilines is 3. The maximum atomic E-state index is 11.8. The molecular formula is C19H21N7O. The molecule has 8 heteroatoms. The Bertz CT molecular complexity index is 964. The molecule has 0 spiro atoms. The highest BCUT2D eigenvalue weighted by Crippen LogP contribution is 2.24. The molecule has 138 valence electrons. The van der Waals surface area contributed by atoms with E-state index in [4.69, 9.17) is 0 Å². The second-order valence-corrected chi connectivity index (χ2v) is 6.30. The SMILES string of the molecule is CCn1cc(Nc2ccnc(-c3ccc(N4CCNC4=O)cc3)n2)c(C)n1. The van der Waals surface area contributed by atoms with Crippen LogP contribution >= 0.6 is 0 Å². The van der Waals surface area contributed by atoms with Crippen LogP contribution in [0.25, 0.3) is 11.4 Å². The molecule has 1 aliphatic rings. The van der Waals surface area contributed by atoms with Gasteiger partial charge in [-0.2, -0.15) is 5.10 Å². The van der Waals surface area contributed by atoms with Crippen molar-refractivity contribution in [3.8, 4) is 11.4 Å². The highest BCUT2D eigenvalue weighted by Gasteiger charge is 2.20. The fourth-order valence-electron chi connectivity index (χ4n) is 3.02. The van der Waals surface area contributed by atoms with Gasteiger partial charge in [-0.1, -0.05) is 0 Å². The average molecular weight is 363 g/mol. The van der Waals surface area contributed by atoms with E-state index in [-0.39, 0.29) is 6.03 Å². The van der Waals surface area contributed by atoms with Gasteiger partial charge in [0.15, 0.2) is 5.82 Å². The van der Waals surface area contributed by atoms with Crippen LogP contribution in [-0.4, -0.2) is 38.9 Å². The van der Waals surface area contributed by atoms with E-state index in [0.29, 0.717) is 24.7 Å². The largest absolute Gasteiger partial charge is 0.337 e. The van der Waals surface area contributed by atoms with E-state index >= 15 is 0 Å². The number of urea groups is 1. The van der Waals surface area contributed by atoms with Crippen LogP contribution in [-0.2, 0) is 6.54 Å². The van der Waals surface area contributed by atoms with Crippen molar-refractivity contribution in [3.63, 3.8) is 0 Å². The van der Waals surface area contributed by atoms with E-state index < -0.39 is 0 Å². The number of aryl methyl sites for hydroxylation is 2. The van der Waals surface area contributed by atoms with E-state index in [1.807, 2.05) is 48.1 Å².